The fourth-order valence-electron chi connectivity index (χ4n) is 4.08. The van der Waals surface area contributed by atoms with E-state index in [0.29, 0.717) is 0 Å². The Morgan fingerprint density at radius 2 is 1.24 bits per heavy atom. The molecule has 29 heavy (non-hydrogen) atoms. The number of fused-ring (bicyclic) bond motifs is 3. The minimum absolute atomic E-state index is 0. The first kappa shape index (κ1) is 28.2. The van der Waals surface area contributed by atoms with Crippen molar-refractivity contribution in [2.45, 2.75) is 52.2 Å². The molecule has 1 fully saturated rings. The zero-order valence-corrected chi connectivity index (χ0v) is 21.9. The summed E-state index contributed by atoms with van der Waals surface area (Å²) in [6.45, 7) is 13.3. The Bertz CT molecular complexity index is 814. The van der Waals surface area contributed by atoms with Crippen molar-refractivity contribution in [3.8, 4) is 0 Å². The molecule has 3 aromatic carbocycles. The van der Waals surface area contributed by atoms with E-state index >= 15 is 0 Å². The molecule has 156 valence electrons. The summed E-state index contributed by atoms with van der Waals surface area (Å²) in [6.07, 6.45) is 2.56. The Balaban J connectivity index is 0.000000863. The standard InChI is InChI=1S/C19H23NSi.C4H8O.2CH3.Ti/c1-19(2,3)20-21(4,5)18-16-12-8-6-10-14(16)15-11-7-9-13-17(15)18;1-2-4-5-3-1;;;/h6-13H,1-5H3;1-4H2;2*1H3;/q-2;;2*-1;+4. The number of hydrogen-bond donors (Lipinski definition) is 0. The van der Waals surface area contributed by atoms with Crippen LogP contribution in [0.4, 0.5) is 0 Å². The summed E-state index contributed by atoms with van der Waals surface area (Å²) < 4.78 is 4.94. The monoisotopic (exact) mass is 443 g/mol. The van der Waals surface area contributed by atoms with Gasteiger partial charge in [0.1, 0.15) is 0 Å². The molecular formula is C25H37NOSiTi. The van der Waals surface area contributed by atoms with Crippen molar-refractivity contribution in [1.29, 1.82) is 0 Å². The van der Waals surface area contributed by atoms with Crippen molar-refractivity contribution in [3.05, 3.63) is 68.4 Å². The Labute approximate surface area is 194 Å². The van der Waals surface area contributed by atoms with Gasteiger partial charge in [-0.1, -0.05) is 78.5 Å². The van der Waals surface area contributed by atoms with E-state index in [9.17, 15) is 0 Å². The smallest absolute Gasteiger partial charge is 0.662 e. The van der Waals surface area contributed by atoms with Gasteiger partial charge in [0.15, 0.2) is 0 Å². The second-order valence-electron chi connectivity index (χ2n) is 8.63. The predicted octanol–water partition coefficient (Wildman–Crippen LogP) is 6.99. The molecule has 1 saturated heterocycles. The van der Waals surface area contributed by atoms with Crippen LogP contribution in [-0.4, -0.2) is 27.0 Å². The van der Waals surface area contributed by atoms with Crippen molar-refractivity contribution in [2.24, 2.45) is 0 Å². The summed E-state index contributed by atoms with van der Waals surface area (Å²) in [6, 6.07) is 17.6. The molecule has 1 aliphatic heterocycles. The van der Waals surface area contributed by atoms with Crippen LogP contribution in [0.5, 0.6) is 0 Å². The third-order valence-corrected chi connectivity index (χ3v) is 7.73. The minimum Gasteiger partial charge on any atom is -0.662 e. The molecule has 0 aliphatic carbocycles. The molecule has 1 heterocycles. The SMILES string of the molecule is C1CCOC1.CC(C)(C)[N-][Si](C)(C)[c-]1c2ccccc2c2ccccc21.[CH3-].[CH3-].[Ti+4]. The molecule has 4 rings (SSSR count). The molecule has 3 aromatic rings. The third-order valence-electron chi connectivity index (χ3n) is 4.74. The van der Waals surface area contributed by atoms with Crippen molar-refractivity contribution >= 4 is 35.0 Å². The Morgan fingerprint density at radius 3 is 1.59 bits per heavy atom. The maximum absolute atomic E-state index is 5.22. The number of ether oxygens (including phenoxy) is 1. The second-order valence-corrected chi connectivity index (χ2v) is 12.5. The molecule has 0 spiro atoms. The van der Waals surface area contributed by atoms with Crippen molar-refractivity contribution in [1.82, 2.24) is 0 Å². The molecule has 0 amide bonds. The molecule has 0 radical (unpaired) electrons. The van der Waals surface area contributed by atoms with E-state index in [-0.39, 0.29) is 42.1 Å². The topological polar surface area (TPSA) is 23.3 Å². The molecule has 0 bridgehead atoms. The maximum atomic E-state index is 5.22. The number of nitrogens with zero attached hydrogens (tertiary/aromatic N) is 1. The molecule has 0 unspecified atom stereocenters. The largest absolute Gasteiger partial charge is 4.00 e. The van der Waals surface area contributed by atoms with Crippen LogP contribution in [0, 0.1) is 14.9 Å². The van der Waals surface area contributed by atoms with Crippen LogP contribution in [0.1, 0.15) is 33.6 Å². The average Bonchev–Trinajstić information content (AvgIpc) is 3.22. The van der Waals surface area contributed by atoms with Crippen LogP contribution in [0.25, 0.3) is 26.5 Å². The van der Waals surface area contributed by atoms with Gasteiger partial charge in [0.2, 0.25) is 0 Å². The minimum atomic E-state index is -1.87. The fourth-order valence-corrected chi connectivity index (χ4v) is 7.62. The van der Waals surface area contributed by atoms with Crippen molar-refractivity contribution in [2.75, 3.05) is 13.2 Å². The van der Waals surface area contributed by atoms with E-state index in [1.807, 2.05) is 0 Å². The molecule has 0 atom stereocenters. The number of hydrogen-bond acceptors (Lipinski definition) is 1. The molecule has 2 nitrogen and oxygen atoms in total. The zero-order valence-electron chi connectivity index (χ0n) is 19.3. The molecule has 0 saturated carbocycles. The van der Waals surface area contributed by atoms with E-state index in [2.05, 4.69) is 82.4 Å². The normalized spacial score (nSPS) is 13.7. The number of benzene rings is 2. The Morgan fingerprint density at radius 1 is 0.828 bits per heavy atom. The van der Waals surface area contributed by atoms with Gasteiger partial charge < -0.3 is 24.6 Å². The van der Waals surface area contributed by atoms with Gasteiger partial charge in [-0.25, -0.2) is 0 Å². The van der Waals surface area contributed by atoms with Gasteiger partial charge in [-0.05, 0) is 12.8 Å². The second kappa shape index (κ2) is 11.5. The van der Waals surface area contributed by atoms with Gasteiger partial charge in [-0.15, -0.1) is 44.4 Å². The van der Waals surface area contributed by atoms with Crippen molar-refractivity contribution in [3.63, 3.8) is 0 Å². The first-order valence-corrected chi connectivity index (χ1v) is 12.6. The summed E-state index contributed by atoms with van der Waals surface area (Å²) in [7, 11) is -1.87. The summed E-state index contributed by atoms with van der Waals surface area (Å²) in [5.74, 6) is 0. The van der Waals surface area contributed by atoms with E-state index in [0.717, 1.165) is 13.2 Å². The summed E-state index contributed by atoms with van der Waals surface area (Å²) in [4.78, 5) is 5.22. The van der Waals surface area contributed by atoms with Crippen LogP contribution in [0.3, 0.4) is 0 Å². The Kier molecular flexibility index (Phi) is 11.2. The molecule has 1 aliphatic rings. The first-order valence-electron chi connectivity index (χ1n) is 9.68. The van der Waals surface area contributed by atoms with Gasteiger partial charge in [0.25, 0.3) is 0 Å². The fraction of sp³-hybridized carbons (Fsp3) is 0.400. The average molecular weight is 444 g/mol. The first-order chi connectivity index (χ1) is 12.3. The quantitative estimate of drug-likeness (QED) is 0.309. The van der Waals surface area contributed by atoms with Crippen LogP contribution in [0.2, 0.25) is 13.1 Å². The van der Waals surface area contributed by atoms with Crippen LogP contribution < -0.4 is 5.19 Å². The zero-order chi connectivity index (χ0) is 18.8. The molecule has 4 heteroatoms. The summed E-state index contributed by atoms with van der Waals surface area (Å²) >= 11 is 0. The van der Waals surface area contributed by atoms with Gasteiger partial charge in [0, 0.05) is 13.2 Å². The molecule has 0 aromatic heterocycles. The molecular weight excluding hydrogens is 406 g/mol. The summed E-state index contributed by atoms with van der Waals surface area (Å²) in [5.41, 5.74) is 0.00913. The van der Waals surface area contributed by atoms with Crippen molar-refractivity contribution < 1.29 is 26.5 Å². The van der Waals surface area contributed by atoms with Crippen LogP contribution in [-0.2, 0) is 26.5 Å². The number of rotatable bonds is 2. The maximum Gasteiger partial charge on any atom is 4.00 e. The Hall–Kier alpha value is -0.839. The van der Waals surface area contributed by atoms with E-state index in [4.69, 9.17) is 9.72 Å². The predicted molar refractivity (Wildman–Crippen MR) is 130 cm³/mol. The summed E-state index contributed by atoms with van der Waals surface area (Å²) in [5, 5.41) is 7.01. The van der Waals surface area contributed by atoms with E-state index in [1.54, 1.807) is 0 Å². The van der Waals surface area contributed by atoms with Gasteiger partial charge in [-0.2, -0.15) is 0 Å². The van der Waals surface area contributed by atoms with Crippen LogP contribution >= 0.6 is 0 Å². The third kappa shape index (κ3) is 6.83. The van der Waals surface area contributed by atoms with Crippen LogP contribution in [0.15, 0.2) is 48.5 Å². The molecule has 0 N–H and O–H groups in total. The van der Waals surface area contributed by atoms with Gasteiger partial charge >= 0.3 is 21.7 Å². The van der Waals surface area contributed by atoms with E-state index < -0.39 is 8.24 Å². The van der Waals surface area contributed by atoms with Gasteiger partial charge in [0.05, 0.1) is 0 Å². The van der Waals surface area contributed by atoms with Gasteiger partial charge in [-0.3, -0.25) is 0 Å². The van der Waals surface area contributed by atoms with E-state index in [1.165, 1.54) is 39.6 Å².